The number of urea groups is 1. The Morgan fingerprint density at radius 1 is 0.971 bits per heavy atom. The number of methoxy groups -OCH3 is 2. The van der Waals surface area contributed by atoms with Gasteiger partial charge in [0.15, 0.2) is 0 Å². The van der Waals surface area contributed by atoms with Gasteiger partial charge in [-0.15, -0.1) is 0 Å². The van der Waals surface area contributed by atoms with Gasteiger partial charge in [0.05, 0.1) is 14.2 Å². The van der Waals surface area contributed by atoms with Crippen LogP contribution >= 0.6 is 0 Å². The number of piperidine rings is 3. The average molecular weight is 472 g/mol. The average Bonchev–Trinajstić information content (AvgIpc) is 2.88. The summed E-state index contributed by atoms with van der Waals surface area (Å²) in [4.78, 5) is 50.7. The molecule has 4 fully saturated rings. The SMILES string of the molecule is COc1ccc(C(=O)N2CCN(C(=O)N3CC4CC(C3)[C@H]3CCCC(=O)N3C4)CC2)c(OC)n1. The standard InChI is InChI=1S/C24H33N5O5/c1-33-20-7-6-18(22(25-20)34-2)23(31)26-8-10-27(11-9-26)24(32)28-13-16-12-17(15-28)19-4-3-5-21(30)29(19)14-16/h6-7,16-17,19H,3-5,8-15H2,1-2H3/t16?,17?,19-/m1/s1. The van der Waals surface area contributed by atoms with Crippen LogP contribution in [-0.4, -0.2) is 109 Å². The zero-order valence-corrected chi connectivity index (χ0v) is 19.9. The van der Waals surface area contributed by atoms with Gasteiger partial charge >= 0.3 is 6.03 Å². The first kappa shape index (κ1) is 22.7. The van der Waals surface area contributed by atoms with Crippen LogP contribution in [0.3, 0.4) is 0 Å². The fraction of sp³-hybridized carbons (Fsp3) is 0.667. The molecule has 1 aromatic rings. The second-order valence-corrected chi connectivity index (χ2v) is 9.74. The Labute approximate surface area is 199 Å². The third-order valence-corrected chi connectivity index (χ3v) is 7.76. The van der Waals surface area contributed by atoms with Crippen LogP contribution in [0.4, 0.5) is 4.79 Å². The van der Waals surface area contributed by atoms with Gasteiger partial charge in [-0.3, -0.25) is 9.59 Å². The summed E-state index contributed by atoms with van der Waals surface area (Å²) in [5, 5.41) is 0. The van der Waals surface area contributed by atoms with E-state index in [1.54, 1.807) is 17.0 Å². The topological polar surface area (TPSA) is 95.5 Å². The van der Waals surface area contributed by atoms with Crippen LogP contribution in [0.5, 0.6) is 11.8 Å². The Balaban J connectivity index is 1.19. The van der Waals surface area contributed by atoms with E-state index in [-0.39, 0.29) is 29.8 Å². The van der Waals surface area contributed by atoms with Gasteiger partial charge in [0.1, 0.15) is 5.56 Å². The highest BCUT2D eigenvalue weighted by Gasteiger charge is 2.45. The fourth-order valence-electron chi connectivity index (χ4n) is 6.09. The van der Waals surface area contributed by atoms with Gasteiger partial charge in [-0.1, -0.05) is 0 Å². The van der Waals surface area contributed by atoms with E-state index in [1.165, 1.54) is 14.2 Å². The second-order valence-electron chi connectivity index (χ2n) is 9.74. The molecule has 5 heterocycles. The second kappa shape index (κ2) is 9.31. The molecular weight excluding hydrogens is 438 g/mol. The smallest absolute Gasteiger partial charge is 0.320 e. The summed E-state index contributed by atoms with van der Waals surface area (Å²) in [6, 6.07) is 3.65. The quantitative estimate of drug-likeness (QED) is 0.660. The Morgan fingerprint density at radius 2 is 1.74 bits per heavy atom. The summed E-state index contributed by atoms with van der Waals surface area (Å²) < 4.78 is 10.4. The van der Waals surface area contributed by atoms with Gasteiger partial charge < -0.3 is 29.1 Å². The summed E-state index contributed by atoms with van der Waals surface area (Å²) in [6.07, 6.45) is 3.79. The maximum Gasteiger partial charge on any atom is 0.320 e. The van der Waals surface area contributed by atoms with Crippen LogP contribution in [0.1, 0.15) is 36.0 Å². The number of amides is 4. The van der Waals surface area contributed by atoms with E-state index >= 15 is 0 Å². The summed E-state index contributed by atoms with van der Waals surface area (Å²) >= 11 is 0. The zero-order chi connectivity index (χ0) is 23.8. The lowest BCUT2D eigenvalue weighted by Gasteiger charge is -2.53. The minimum absolute atomic E-state index is 0.0566. The molecular formula is C24H33N5O5. The number of hydrogen-bond donors (Lipinski definition) is 0. The fourth-order valence-corrected chi connectivity index (χ4v) is 6.09. The number of hydrogen-bond acceptors (Lipinski definition) is 6. The number of rotatable bonds is 3. The number of carbonyl (C=O) groups is 3. The molecule has 4 aliphatic heterocycles. The van der Waals surface area contributed by atoms with Gasteiger partial charge in [0.25, 0.3) is 5.91 Å². The zero-order valence-electron chi connectivity index (χ0n) is 19.9. The molecule has 0 radical (unpaired) electrons. The van der Waals surface area contributed by atoms with Gasteiger partial charge in [0.2, 0.25) is 17.7 Å². The van der Waals surface area contributed by atoms with E-state index in [2.05, 4.69) is 9.88 Å². The van der Waals surface area contributed by atoms with Crippen molar-refractivity contribution in [1.82, 2.24) is 24.6 Å². The van der Waals surface area contributed by atoms with Crippen molar-refractivity contribution >= 4 is 17.8 Å². The van der Waals surface area contributed by atoms with Crippen molar-refractivity contribution in [3.63, 3.8) is 0 Å². The van der Waals surface area contributed by atoms with E-state index in [0.717, 1.165) is 32.4 Å². The summed E-state index contributed by atoms with van der Waals surface area (Å²) in [5.74, 6) is 1.48. The maximum absolute atomic E-state index is 13.4. The van der Waals surface area contributed by atoms with E-state index in [4.69, 9.17) is 9.47 Å². The molecule has 34 heavy (non-hydrogen) atoms. The highest BCUT2D eigenvalue weighted by atomic mass is 16.5. The first-order valence-corrected chi connectivity index (χ1v) is 12.2. The molecule has 0 N–H and O–H groups in total. The molecule has 5 rings (SSSR count). The molecule has 10 nitrogen and oxygen atoms in total. The van der Waals surface area contributed by atoms with E-state index in [1.807, 2.05) is 9.80 Å². The Bertz CT molecular complexity index is 963. The van der Waals surface area contributed by atoms with Crippen molar-refractivity contribution in [2.24, 2.45) is 11.8 Å². The lowest BCUT2D eigenvalue weighted by molar-refractivity contribution is -0.144. The molecule has 184 valence electrons. The molecule has 0 aromatic carbocycles. The van der Waals surface area contributed by atoms with Crippen molar-refractivity contribution < 1.29 is 23.9 Å². The van der Waals surface area contributed by atoms with Crippen LogP contribution in [0, 0.1) is 11.8 Å². The third-order valence-electron chi connectivity index (χ3n) is 7.76. The summed E-state index contributed by atoms with van der Waals surface area (Å²) in [6.45, 7) is 4.13. The van der Waals surface area contributed by atoms with E-state index in [9.17, 15) is 14.4 Å². The molecule has 3 atom stereocenters. The van der Waals surface area contributed by atoms with Gasteiger partial charge in [0, 0.05) is 64.3 Å². The normalized spacial score (nSPS) is 26.8. The van der Waals surface area contributed by atoms with Crippen molar-refractivity contribution in [1.29, 1.82) is 0 Å². The molecule has 4 amide bonds. The molecule has 0 aliphatic carbocycles. The number of likely N-dealkylation sites (tertiary alicyclic amines) is 1. The third kappa shape index (κ3) is 4.14. The lowest BCUT2D eigenvalue weighted by atomic mass is 9.76. The molecule has 1 aromatic heterocycles. The van der Waals surface area contributed by atoms with Crippen LogP contribution in [0.2, 0.25) is 0 Å². The Morgan fingerprint density at radius 3 is 2.47 bits per heavy atom. The minimum atomic E-state index is -0.159. The largest absolute Gasteiger partial charge is 0.481 e. The number of nitrogens with zero attached hydrogens (tertiary/aromatic N) is 5. The van der Waals surface area contributed by atoms with Crippen molar-refractivity contribution in [2.75, 3.05) is 60.0 Å². The lowest BCUT2D eigenvalue weighted by Crippen LogP contribution is -2.63. The number of ether oxygens (including phenoxy) is 2. The van der Waals surface area contributed by atoms with Crippen molar-refractivity contribution in [3.8, 4) is 11.8 Å². The summed E-state index contributed by atoms with van der Waals surface area (Å²) in [5.41, 5.74) is 0.388. The van der Waals surface area contributed by atoms with Crippen LogP contribution in [0.15, 0.2) is 12.1 Å². The number of piperazine rings is 1. The van der Waals surface area contributed by atoms with Gasteiger partial charge in [-0.25, -0.2) is 4.79 Å². The number of carbonyl (C=O) groups excluding carboxylic acids is 3. The molecule has 2 bridgehead atoms. The number of pyridine rings is 1. The monoisotopic (exact) mass is 471 g/mol. The predicted molar refractivity (Wildman–Crippen MR) is 123 cm³/mol. The van der Waals surface area contributed by atoms with E-state index in [0.29, 0.717) is 62.4 Å². The van der Waals surface area contributed by atoms with Crippen LogP contribution in [-0.2, 0) is 4.79 Å². The molecule has 4 aliphatic rings. The van der Waals surface area contributed by atoms with Crippen LogP contribution < -0.4 is 9.47 Å². The Hall–Kier alpha value is -3.04. The highest BCUT2D eigenvalue weighted by Crippen LogP contribution is 2.38. The number of aromatic nitrogens is 1. The van der Waals surface area contributed by atoms with Crippen LogP contribution in [0.25, 0.3) is 0 Å². The molecule has 10 heteroatoms. The van der Waals surface area contributed by atoms with E-state index < -0.39 is 0 Å². The first-order chi connectivity index (χ1) is 16.5. The Kier molecular flexibility index (Phi) is 6.22. The maximum atomic E-state index is 13.4. The highest BCUT2D eigenvalue weighted by molar-refractivity contribution is 5.96. The molecule has 4 saturated heterocycles. The molecule has 0 spiro atoms. The van der Waals surface area contributed by atoms with Crippen molar-refractivity contribution in [2.45, 2.75) is 31.7 Å². The van der Waals surface area contributed by atoms with Gasteiger partial charge in [-0.05, 0) is 37.2 Å². The molecule has 2 unspecified atom stereocenters. The van der Waals surface area contributed by atoms with Crippen molar-refractivity contribution in [3.05, 3.63) is 17.7 Å². The molecule has 0 saturated carbocycles. The minimum Gasteiger partial charge on any atom is -0.481 e. The first-order valence-electron chi connectivity index (χ1n) is 12.2. The number of fused-ring (bicyclic) bond motifs is 4. The summed E-state index contributed by atoms with van der Waals surface area (Å²) in [7, 11) is 2.99. The predicted octanol–water partition coefficient (Wildman–Crippen LogP) is 1.31. The van der Waals surface area contributed by atoms with Gasteiger partial charge in [-0.2, -0.15) is 4.98 Å².